The maximum atomic E-state index is 12.5. The first-order valence-corrected chi connectivity index (χ1v) is 12.1. The van der Waals surface area contributed by atoms with Gasteiger partial charge in [-0.25, -0.2) is 0 Å². The van der Waals surface area contributed by atoms with Gasteiger partial charge in [-0.05, 0) is 32.1 Å². The summed E-state index contributed by atoms with van der Waals surface area (Å²) in [6.07, 6.45) is 14.9. The van der Waals surface area contributed by atoms with E-state index in [1.165, 1.54) is 51.4 Å². The van der Waals surface area contributed by atoms with Crippen molar-refractivity contribution in [3.05, 3.63) is 0 Å². The summed E-state index contributed by atoms with van der Waals surface area (Å²) in [6.45, 7) is 4.24. The number of carbonyl (C=O) groups excluding carboxylic acids is 3. The van der Waals surface area contributed by atoms with Crippen molar-refractivity contribution in [3.8, 4) is 0 Å². The Labute approximate surface area is 211 Å². The van der Waals surface area contributed by atoms with Crippen molar-refractivity contribution in [3.63, 3.8) is 0 Å². The molecule has 31 heavy (non-hydrogen) atoms. The minimum absolute atomic E-state index is 0. The third-order valence-corrected chi connectivity index (χ3v) is 5.43. The first kappa shape index (κ1) is 32.7. The predicted molar refractivity (Wildman–Crippen MR) is 118 cm³/mol. The number of carboxylic acid groups (broad SMARTS) is 1. The third-order valence-electron chi connectivity index (χ3n) is 5.43. The number of carbonyl (C=O) groups is 3. The van der Waals surface area contributed by atoms with Gasteiger partial charge in [0.1, 0.15) is 6.04 Å². The summed E-state index contributed by atoms with van der Waals surface area (Å²) in [4.78, 5) is 35.1. The van der Waals surface area contributed by atoms with Crippen LogP contribution in [0.2, 0.25) is 0 Å². The number of hydrogen-bond acceptors (Lipinski definition) is 6. The zero-order chi connectivity index (χ0) is 22.6. The minimum atomic E-state index is -1.26. The molecule has 0 radical (unpaired) electrons. The SMILES string of the molecule is CCCCCCCCCCCCCC(=O)C(CCCC)OC(=O)[C@@H](N)CCC(=O)[O-].[Na+]. The summed E-state index contributed by atoms with van der Waals surface area (Å²) in [5, 5.41) is 10.5. The summed E-state index contributed by atoms with van der Waals surface area (Å²) < 4.78 is 5.33. The van der Waals surface area contributed by atoms with Crippen LogP contribution in [0.15, 0.2) is 0 Å². The van der Waals surface area contributed by atoms with E-state index in [4.69, 9.17) is 10.5 Å². The van der Waals surface area contributed by atoms with E-state index in [0.717, 1.165) is 32.1 Å². The molecule has 2 atom stereocenters. The van der Waals surface area contributed by atoms with Gasteiger partial charge in [0.15, 0.2) is 11.9 Å². The van der Waals surface area contributed by atoms with Crippen LogP contribution in [0.5, 0.6) is 0 Å². The maximum absolute atomic E-state index is 12.5. The molecular weight excluding hydrogens is 405 g/mol. The Morgan fingerprint density at radius 2 is 1.23 bits per heavy atom. The molecule has 0 aliphatic rings. The summed E-state index contributed by atoms with van der Waals surface area (Å²) in [6, 6.07) is -1.04. The van der Waals surface area contributed by atoms with Gasteiger partial charge in [0.2, 0.25) is 0 Å². The van der Waals surface area contributed by atoms with Gasteiger partial charge in [0.25, 0.3) is 0 Å². The average Bonchev–Trinajstić information content (AvgIpc) is 2.72. The molecule has 2 N–H and O–H groups in total. The average molecular weight is 450 g/mol. The Balaban J connectivity index is 0. The zero-order valence-corrected chi connectivity index (χ0v) is 22.3. The van der Waals surface area contributed by atoms with Crippen molar-refractivity contribution >= 4 is 17.7 Å². The number of Topliss-reactive ketones (excluding diaryl/α,β-unsaturated/α-hetero) is 1. The Hall–Kier alpha value is -0.430. The van der Waals surface area contributed by atoms with Crippen LogP contribution in [-0.4, -0.2) is 29.9 Å². The van der Waals surface area contributed by atoms with Gasteiger partial charge in [-0.15, -0.1) is 0 Å². The Kier molecular flexibility index (Phi) is 24.0. The normalized spacial score (nSPS) is 12.6. The Bertz CT molecular complexity index is 473. The smallest absolute Gasteiger partial charge is 0.550 e. The van der Waals surface area contributed by atoms with E-state index in [1.807, 2.05) is 6.92 Å². The van der Waals surface area contributed by atoms with Crippen molar-refractivity contribution in [1.82, 2.24) is 0 Å². The standard InChI is InChI=1S/C24H45NO5.Na/c1-3-5-7-8-9-10-11-12-13-14-15-16-21(26)22(17-6-4-2)30-24(29)20(25)18-19-23(27)28;/h20,22H,3-19,25H2,1-2H3,(H,27,28);/q;+1/p-1/t20-,22?;/m0./s1. The van der Waals surface area contributed by atoms with E-state index >= 15 is 0 Å². The topological polar surface area (TPSA) is 110 Å². The number of esters is 1. The summed E-state index contributed by atoms with van der Waals surface area (Å²) in [7, 11) is 0. The molecule has 0 amide bonds. The van der Waals surface area contributed by atoms with Crippen LogP contribution in [0.4, 0.5) is 0 Å². The van der Waals surface area contributed by atoms with Crippen molar-refractivity contribution in [2.24, 2.45) is 5.73 Å². The molecule has 0 aliphatic heterocycles. The molecule has 0 aromatic heterocycles. The van der Waals surface area contributed by atoms with Crippen molar-refractivity contribution < 1.29 is 53.8 Å². The van der Waals surface area contributed by atoms with Gasteiger partial charge in [-0.1, -0.05) is 84.5 Å². The first-order valence-electron chi connectivity index (χ1n) is 12.1. The first-order chi connectivity index (χ1) is 14.4. The second-order valence-electron chi connectivity index (χ2n) is 8.34. The fraction of sp³-hybridized carbons (Fsp3) is 0.875. The van der Waals surface area contributed by atoms with E-state index in [0.29, 0.717) is 12.8 Å². The van der Waals surface area contributed by atoms with Crippen LogP contribution >= 0.6 is 0 Å². The predicted octanol–water partition coefficient (Wildman–Crippen LogP) is 1.22. The van der Waals surface area contributed by atoms with E-state index in [9.17, 15) is 19.5 Å². The molecule has 0 fully saturated rings. The molecule has 6 nitrogen and oxygen atoms in total. The van der Waals surface area contributed by atoms with Gasteiger partial charge in [0.05, 0.1) is 0 Å². The van der Waals surface area contributed by atoms with Gasteiger partial charge in [-0.2, -0.15) is 0 Å². The van der Waals surface area contributed by atoms with Crippen molar-refractivity contribution in [1.29, 1.82) is 0 Å². The second-order valence-corrected chi connectivity index (χ2v) is 8.34. The van der Waals surface area contributed by atoms with Crippen LogP contribution < -0.4 is 40.4 Å². The molecule has 176 valence electrons. The van der Waals surface area contributed by atoms with E-state index in [-0.39, 0.29) is 48.2 Å². The van der Waals surface area contributed by atoms with Crippen molar-refractivity contribution in [2.75, 3.05) is 0 Å². The molecule has 0 aliphatic carbocycles. The third kappa shape index (κ3) is 19.9. The number of aliphatic carboxylic acids is 1. The zero-order valence-electron chi connectivity index (χ0n) is 20.3. The van der Waals surface area contributed by atoms with Crippen LogP contribution in [0.1, 0.15) is 123 Å². The molecular formula is C24H44NNaO5. The second kappa shape index (κ2) is 22.8. The van der Waals surface area contributed by atoms with Gasteiger partial charge < -0.3 is 20.4 Å². The molecule has 0 rings (SSSR count). The number of carboxylic acids is 1. The maximum Gasteiger partial charge on any atom is 1.00 e. The Morgan fingerprint density at radius 3 is 1.71 bits per heavy atom. The molecule has 0 heterocycles. The Morgan fingerprint density at radius 1 is 0.742 bits per heavy atom. The molecule has 0 bridgehead atoms. The number of hydrogen-bond donors (Lipinski definition) is 1. The fourth-order valence-corrected chi connectivity index (χ4v) is 3.42. The van der Waals surface area contributed by atoms with E-state index in [2.05, 4.69) is 6.92 Å². The summed E-state index contributed by atoms with van der Waals surface area (Å²) >= 11 is 0. The molecule has 1 unspecified atom stereocenters. The largest absolute Gasteiger partial charge is 1.00 e. The minimum Gasteiger partial charge on any atom is -0.550 e. The molecule has 0 aromatic rings. The molecule has 0 saturated carbocycles. The number of rotatable bonds is 21. The molecule has 0 spiro atoms. The van der Waals surface area contributed by atoms with E-state index in [1.54, 1.807) is 0 Å². The van der Waals surface area contributed by atoms with Crippen LogP contribution in [0.3, 0.4) is 0 Å². The van der Waals surface area contributed by atoms with Crippen LogP contribution in [-0.2, 0) is 19.1 Å². The van der Waals surface area contributed by atoms with Crippen LogP contribution in [0.25, 0.3) is 0 Å². The number of nitrogens with two attached hydrogens (primary N) is 1. The molecule has 0 aromatic carbocycles. The van der Waals surface area contributed by atoms with Gasteiger partial charge in [-0.3, -0.25) is 9.59 Å². The van der Waals surface area contributed by atoms with E-state index < -0.39 is 24.1 Å². The summed E-state index contributed by atoms with van der Waals surface area (Å²) in [5.74, 6) is -2.02. The summed E-state index contributed by atoms with van der Waals surface area (Å²) in [5.41, 5.74) is 5.68. The number of unbranched alkanes of at least 4 members (excludes halogenated alkanes) is 11. The monoisotopic (exact) mass is 449 g/mol. The number of ketones is 1. The van der Waals surface area contributed by atoms with Gasteiger partial charge >= 0.3 is 35.5 Å². The fourth-order valence-electron chi connectivity index (χ4n) is 3.42. The number of ether oxygens (including phenoxy) is 1. The van der Waals surface area contributed by atoms with Crippen LogP contribution in [0, 0.1) is 0 Å². The molecule has 7 heteroatoms. The van der Waals surface area contributed by atoms with Gasteiger partial charge in [0, 0.05) is 12.4 Å². The quantitative estimate of drug-likeness (QED) is 0.160. The van der Waals surface area contributed by atoms with Crippen molar-refractivity contribution in [2.45, 2.75) is 135 Å². The molecule has 0 saturated heterocycles.